The molecule has 0 N–H and O–H groups in total. The zero-order chi connectivity index (χ0) is 32.2. The molecule has 0 saturated heterocycles. The van der Waals surface area contributed by atoms with Crippen LogP contribution in [0.25, 0.3) is 54.9 Å². The molecule has 8 aromatic carbocycles. The van der Waals surface area contributed by atoms with Crippen LogP contribution in [0, 0.1) is 0 Å². The Morgan fingerprint density at radius 3 is 1.69 bits per heavy atom. The fraction of sp³-hybridized carbons (Fsp3) is 0.0638. The Hall–Kier alpha value is -5.92. The van der Waals surface area contributed by atoms with E-state index < -0.39 is 0 Å². The lowest BCUT2D eigenvalue weighted by atomic mass is 9.81. The van der Waals surface area contributed by atoms with Crippen LogP contribution in [0.2, 0.25) is 0 Å². The highest BCUT2D eigenvalue weighted by molar-refractivity contribution is 6.15. The van der Waals surface area contributed by atoms with Gasteiger partial charge in [0.05, 0.1) is 11.4 Å². The summed E-state index contributed by atoms with van der Waals surface area (Å²) in [6.45, 7) is 4.77. The zero-order valence-corrected chi connectivity index (χ0v) is 27.2. The molecule has 0 bridgehead atoms. The molecule has 9 rings (SSSR count). The highest BCUT2D eigenvalue weighted by atomic mass is 15.1. The van der Waals surface area contributed by atoms with Crippen molar-refractivity contribution in [1.29, 1.82) is 0 Å². The van der Waals surface area contributed by atoms with Gasteiger partial charge in [0.15, 0.2) is 0 Å². The lowest BCUT2D eigenvalue weighted by Gasteiger charge is -2.31. The number of rotatable bonds is 5. The molecule has 0 aliphatic heterocycles. The van der Waals surface area contributed by atoms with Crippen molar-refractivity contribution in [3.05, 3.63) is 187 Å². The second kappa shape index (κ2) is 11.1. The molecule has 1 aliphatic rings. The number of fused-ring (bicyclic) bond motifs is 6. The summed E-state index contributed by atoms with van der Waals surface area (Å²) in [4.78, 5) is 2.49. The molecule has 1 heteroatoms. The van der Waals surface area contributed by atoms with Gasteiger partial charge in [-0.25, -0.2) is 0 Å². The van der Waals surface area contributed by atoms with Crippen LogP contribution in [0.5, 0.6) is 0 Å². The van der Waals surface area contributed by atoms with Gasteiger partial charge >= 0.3 is 0 Å². The van der Waals surface area contributed by atoms with Gasteiger partial charge in [-0.1, -0.05) is 159 Å². The normalized spacial score (nSPS) is 13.0. The predicted octanol–water partition coefficient (Wildman–Crippen LogP) is 13.1. The SMILES string of the molecule is CC1(C)c2cc(N(c3ccccc3)c3cc4ccccc4c4ccccc34)c(-c3ccccc3)cc2-c2c(-c3ccccc3)cccc21. The van der Waals surface area contributed by atoms with Crippen LogP contribution in [-0.2, 0) is 5.41 Å². The second-order valence-corrected chi connectivity index (χ2v) is 13.3. The first-order valence-corrected chi connectivity index (χ1v) is 16.8. The number of anilines is 3. The molecule has 228 valence electrons. The quantitative estimate of drug-likeness (QED) is 0.175. The van der Waals surface area contributed by atoms with Gasteiger partial charge in [0, 0.05) is 22.1 Å². The first kappa shape index (κ1) is 28.3. The van der Waals surface area contributed by atoms with Crippen molar-refractivity contribution in [1.82, 2.24) is 0 Å². The van der Waals surface area contributed by atoms with Crippen molar-refractivity contribution >= 4 is 38.6 Å². The molecule has 0 fully saturated rings. The van der Waals surface area contributed by atoms with Gasteiger partial charge < -0.3 is 4.90 Å². The van der Waals surface area contributed by atoms with E-state index in [2.05, 4.69) is 195 Å². The number of hydrogen-bond acceptors (Lipinski definition) is 1. The first-order valence-electron chi connectivity index (χ1n) is 16.8. The topological polar surface area (TPSA) is 3.24 Å². The van der Waals surface area contributed by atoms with Crippen molar-refractivity contribution in [2.24, 2.45) is 0 Å². The monoisotopic (exact) mass is 613 g/mol. The molecule has 1 aliphatic carbocycles. The van der Waals surface area contributed by atoms with Crippen molar-refractivity contribution in [2.45, 2.75) is 19.3 Å². The highest BCUT2D eigenvalue weighted by Crippen LogP contribution is 2.56. The van der Waals surface area contributed by atoms with Crippen molar-refractivity contribution < 1.29 is 0 Å². The molecule has 0 heterocycles. The van der Waals surface area contributed by atoms with Crippen molar-refractivity contribution in [3.8, 4) is 33.4 Å². The van der Waals surface area contributed by atoms with E-state index in [1.54, 1.807) is 0 Å². The largest absolute Gasteiger partial charge is 0.309 e. The van der Waals surface area contributed by atoms with Crippen LogP contribution in [0.1, 0.15) is 25.0 Å². The molecular formula is C47H35N. The van der Waals surface area contributed by atoms with Gasteiger partial charge in [0.25, 0.3) is 0 Å². The van der Waals surface area contributed by atoms with Gasteiger partial charge in [-0.05, 0) is 85.4 Å². The van der Waals surface area contributed by atoms with Crippen LogP contribution in [0.3, 0.4) is 0 Å². The third kappa shape index (κ3) is 4.39. The minimum absolute atomic E-state index is 0.187. The smallest absolute Gasteiger partial charge is 0.0546 e. The van der Waals surface area contributed by atoms with Gasteiger partial charge in [-0.3, -0.25) is 0 Å². The first-order chi connectivity index (χ1) is 23.6. The average Bonchev–Trinajstić information content (AvgIpc) is 3.38. The van der Waals surface area contributed by atoms with E-state index in [9.17, 15) is 0 Å². The van der Waals surface area contributed by atoms with E-state index in [1.807, 2.05) is 0 Å². The Labute approximate surface area is 282 Å². The van der Waals surface area contributed by atoms with E-state index in [-0.39, 0.29) is 5.41 Å². The maximum Gasteiger partial charge on any atom is 0.0546 e. The number of benzene rings is 8. The summed E-state index contributed by atoms with van der Waals surface area (Å²) in [7, 11) is 0. The van der Waals surface area contributed by atoms with Crippen molar-refractivity contribution in [2.75, 3.05) is 4.90 Å². The fourth-order valence-corrected chi connectivity index (χ4v) is 7.92. The standard InChI is InChI=1S/C47H35N/c1-47(2)42-28-16-27-37(32-17-6-3-7-18-32)46(42)41-30-40(33-19-8-4-9-20-33)45(31-43(41)47)48(35-22-10-5-11-23-35)44-29-34-21-12-13-24-36(34)38-25-14-15-26-39(38)44/h3-31H,1-2H3. The molecule has 0 radical (unpaired) electrons. The van der Waals surface area contributed by atoms with Gasteiger partial charge in [0.2, 0.25) is 0 Å². The third-order valence-electron chi connectivity index (χ3n) is 10.2. The van der Waals surface area contributed by atoms with E-state index in [4.69, 9.17) is 0 Å². The minimum atomic E-state index is -0.187. The van der Waals surface area contributed by atoms with Crippen LogP contribution in [0.4, 0.5) is 17.1 Å². The summed E-state index contributed by atoms with van der Waals surface area (Å²) in [6.07, 6.45) is 0. The molecule has 0 unspecified atom stereocenters. The number of para-hydroxylation sites is 1. The molecule has 8 aromatic rings. The van der Waals surface area contributed by atoms with E-state index in [1.165, 1.54) is 77.4 Å². The minimum Gasteiger partial charge on any atom is -0.309 e. The summed E-state index contributed by atoms with van der Waals surface area (Å²) < 4.78 is 0. The Bertz CT molecular complexity index is 2460. The summed E-state index contributed by atoms with van der Waals surface area (Å²) >= 11 is 0. The molecule has 0 aromatic heterocycles. The summed E-state index contributed by atoms with van der Waals surface area (Å²) in [5, 5.41) is 4.99. The maximum atomic E-state index is 2.49. The van der Waals surface area contributed by atoms with Gasteiger partial charge in [-0.15, -0.1) is 0 Å². The van der Waals surface area contributed by atoms with Crippen LogP contribution >= 0.6 is 0 Å². The molecule has 0 saturated carbocycles. The third-order valence-corrected chi connectivity index (χ3v) is 10.2. The Morgan fingerprint density at radius 1 is 0.396 bits per heavy atom. The Morgan fingerprint density at radius 2 is 0.979 bits per heavy atom. The van der Waals surface area contributed by atoms with E-state index in [0.29, 0.717) is 0 Å². The summed E-state index contributed by atoms with van der Waals surface area (Å²) in [6, 6.07) is 64.4. The van der Waals surface area contributed by atoms with Gasteiger partial charge in [-0.2, -0.15) is 0 Å². The van der Waals surface area contributed by atoms with Gasteiger partial charge in [0.1, 0.15) is 0 Å². The zero-order valence-electron chi connectivity index (χ0n) is 27.2. The molecule has 0 amide bonds. The molecular weight excluding hydrogens is 579 g/mol. The Kier molecular flexibility index (Phi) is 6.55. The fourth-order valence-electron chi connectivity index (χ4n) is 7.92. The summed E-state index contributed by atoms with van der Waals surface area (Å²) in [5.41, 5.74) is 13.6. The molecule has 48 heavy (non-hydrogen) atoms. The van der Waals surface area contributed by atoms with Crippen LogP contribution in [0.15, 0.2) is 176 Å². The predicted molar refractivity (Wildman–Crippen MR) is 205 cm³/mol. The molecule has 0 spiro atoms. The van der Waals surface area contributed by atoms with Crippen LogP contribution in [-0.4, -0.2) is 0 Å². The van der Waals surface area contributed by atoms with Crippen LogP contribution < -0.4 is 4.90 Å². The van der Waals surface area contributed by atoms with E-state index >= 15 is 0 Å². The Balaban J connectivity index is 1.39. The lowest BCUT2D eigenvalue weighted by molar-refractivity contribution is 0.660. The lowest BCUT2D eigenvalue weighted by Crippen LogP contribution is -2.17. The summed E-state index contributed by atoms with van der Waals surface area (Å²) in [5.74, 6) is 0. The second-order valence-electron chi connectivity index (χ2n) is 13.3. The highest BCUT2D eigenvalue weighted by Gasteiger charge is 2.38. The number of nitrogens with zero attached hydrogens (tertiary/aromatic N) is 1. The number of hydrogen-bond donors (Lipinski definition) is 0. The molecule has 0 atom stereocenters. The van der Waals surface area contributed by atoms with E-state index in [0.717, 1.165) is 5.69 Å². The average molecular weight is 614 g/mol. The molecule has 1 nitrogen and oxygen atoms in total. The maximum absolute atomic E-state index is 2.49. The van der Waals surface area contributed by atoms with Crippen molar-refractivity contribution in [3.63, 3.8) is 0 Å².